The average Bonchev–Trinajstić information content (AvgIpc) is 2.92. The molecule has 0 radical (unpaired) electrons. The summed E-state index contributed by atoms with van der Waals surface area (Å²) >= 11 is 0. The zero-order valence-electron chi connectivity index (χ0n) is 19.2. The van der Waals surface area contributed by atoms with Gasteiger partial charge in [0.2, 0.25) is 5.78 Å². The molecule has 6 unspecified atom stereocenters. The molecule has 0 saturated heterocycles. The van der Waals surface area contributed by atoms with Gasteiger partial charge < -0.3 is 30.3 Å². The van der Waals surface area contributed by atoms with Crippen molar-refractivity contribution < 1.29 is 35.1 Å². The summed E-state index contributed by atoms with van der Waals surface area (Å²) in [4.78, 5) is 12.1. The molecule has 1 aliphatic rings. The number of hydrogen-bond acceptors (Lipinski definition) is 7. The van der Waals surface area contributed by atoms with Gasteiger partial charge in [-0.3, -0.25) is 4.79 Å². The lowest BCUT2D eigenvalue weighted by molar-refractivity contribution is -0.213. The lowest BCUT2D eigenvalue weighted by atomic mass is 9.96. The number of carbonyl (C=O) groups excluding carboxylic acids is 1. The van der Waals surface area contributed by atoms with Crippen LogP contribution in [0.25, 0.3) is 0 Å². The highest BCUT2D eigenvalue weighted by atomic mass is 16.6. The monoisotopic (exact) mass is 438 g/mol. The zero-order valence-corrected chi connectivity index (χ0v) is 19.2. The van der Waals surface area contributed by atoms with Gasteiger partial charge in [-0.1, -0.05) is 37.3 Å². The van der Waals surface area contributed by atoms with Crippen LogP contribution in [0.2, 0.25) is 0 Å². The molecule has 0 bridgehead atoms. The van der Waals surface area contributed by atoms with Crippen LogP contribution in [-0.4, -0.2) is 61.5 Å². The number of aliphatic hydroxyl groups excluding tert-OH is 4. The average molecular weight is 439 g/mol. The Balaban J connectivity index is 2.45. The summed E-state index contributed by atoms with van der Waals surface area (Å²) in [6, 6.07) is 0. The zero-order chi connectivity index (χ0) is 23.8. The Kier molecular flexibility index (Phi) is 10.8. The van der Waals surface area contributed by atoms with Gasteiger partial charge in [-0.2, -0.15) is 0 Å². The minimum Gasteiger partial charge on any atom is -0.456 e. The summed E-state index contributed by atoms with van der Waals surface area (Å²) in [5.74, 6) is -2.83. The molecule has 0 aromatic carbocycles. The van der Waals surface area contributed by atoms with E-state index in [0.717, 1.165) is 5.57 Å². The van der Waals surface area contributed by atoms with Gasteiger partial charge in [0.25, 0.3) is 5.79 Å². The molecule has 5 N–H and O–H groups in total. The van der Waals surface area contributed by atoms with Crippen molar-refractivity contribution in [1.29, 1.82) is 0 Å². The second-order valence-corrected chi connectivity index (χ2v) is 8.44. The first-order valence-corrected chi connectivity index (χ1v) is 10.8. The van der Waals surface area contributed by atoms with Gasteiger partial charge in [0.1, 0.15) is 11.9 Å². The molecule has 0 aromatic heterocycles. The minimum absolute atomic E-state index is 0.0809. The highest BCUT2D eigenvalue weighted by Crippen LogP contribution is 2.34. The van der Waals surface area contributed by atoms with Gasteiger partial charge in [0, 0.05) is 17.9 Å². The Hall–Kier alpha value is -1.77. The first-order chi connectivity index (χ1) is 14.4. The van der Waals surface area contributed by atoms with Gasteiger partial charge in [0.05, 0.1) is 18.3 Å². The van der Waals surface area contributed by atoms with Crippen molar-refractivity contribution in [3.63, 3.8) is 0 Å². The van der Waals surface area contributed by atoms with E-state index in [1.54, 1.807) is 6.92 Å². The van der Waals surface area contributed by atoms with Crippen LogP contribution < -0.4 is 0 Å². The van der Waals surface area contributed by atoms with Crippen LogP contribution >= 0.6 is 0 Å². The van der Waals surface area contributed by atoms with E-state index in [4.69, 9.17) is 4.74 Å². The number of ether oxygens (including phenoxy) is 1. The molecule has 1 rings (SSSR count). The number of carbonyl (C=O) groups is 1. The van der Waals surface area contributed by atoms with E-state index in [2.05, 4.69) is 0 Å². The van der Waals surface area contributed by atoms with Crippen LogP contribution in [0.15, 0.2) is 47.3 Å². The Bertz CT molecular complexity index is 717. The molecule has 1 aliphatic heterocycles. The van der Waals surface area contributed by atoms with E-state index in [0.29, 0.717) is 19.3 Å². The van der Waals surface area contributed by atoms with Crippen LogP contribution in [0.4, 0.5) is 0 Å². The summed E-state index contributed by atoms with van der Waals surface area (Å²) < 4.78 is 5.25. The molecular weight excluding hydrogens is 400 g/mol. The maximum Gasteiger partial charge on any atom is 0.298 e. The van der Waals surface area contributed by atoms with Crippen LogP contribution in [0.1, 0.15) is 60.3 Å². The fourth-order valence-electron chi connectivity index (χ4n) is 3.19. The van der Waals surface area contributed by atoms with E-state index in [9.17, 15) is 30.3 Å². The Labute approximate surface area is 185 Å². The van der Waals surface area contributed by atoms with Gasteiger partial charge >= 0.3 is 0 Å². The summed E-state index contributed by atoms with van der Waals surface area (Å²) in [6.45, 7) is 8.23. The van der Waals surface area contributed by atoms with Gasteiger partial charge in [-0.05, 0) is 52.5 Å². The number of allylic oxidation sites excluding steroid dienone is 3. The normalized spacial score (nSPS) is 25.2. The van der Waals surface area contributed by atoms with Crippen molar-refractivity contribution in [2.24, 2.45) is 5.92 Å². The molecule has 176 valence electrons. The summed E-state index contributed by atoms with van der Waals surface area (Å²) in [6.07, 6.45) is 7.75. The molecule has 6 atom stereocenters. The third-order valence-corrected chi connectivity index (χ3v) is 5.42. The molecule has 31 heavy (non-hydrogen) atoms. The summed E-state index contributed by atoms with van der Waals surface area (Å²) in [5, 5.41) is 49.6. The Morgan fingerprint density at radius 2 is 1.77 bits per heavy atom. The van der Waals surface area contributed by atoms with Gasteiger partial charge in [0.15, 0.2) is 0 Å². The third kappa shape index (κ3) is 8.01. The largest absolute Gasteiger partial charge is 0.456 e. The molecule has 0 amide bonds. The Morgan fingerprint density at radius 3 is 2.32 bits per heavy atom. The smallest absolute Gasteiger partial charge is 0.298 e. The van der Waals surface area contributed by atoms with Crippen LogP contribution in [0.5, 0.6) is 0 Å². The molecular formula is C24H38O7. The number of hydrogen-bond donors (Lipinski definition) is 5. The molecule has 0 spiro atoms. The maximum atomic E-state index is 12.1. The fraction of sp³-hybridized carbons (Fsp3) is 0.625. The molecule has 7 nitrogen and oxygen atoms in total. The van der Waals surface area contributed by atoms with Crippen molar-refractivity contribution in [2.75, 3.05) is 0 Å². The van der Waals surface area contributed by atoms with Crippen molar-refractivity contribution >= 4 is 5.78 Å². The van der Waals surface area contributed by atoms with Crippen molar-refractivity contribution in [3.05, 3.63) is 47.3 Å². The lowest BCUT2D eigenvalue weighted by Crippen LogP contribution is -2.47. The third-order valence-electron chi connectivity index (χ3n) is 5.42. The van der Waals surface area contributed by atoms with E-state index in [-0.39, 0.29) is 23.7 Å². The van der Waals surface area contributed by atoms with Crippen LogP contribution in [-0.2, 0) is 9.53 Å². The van der Waals surface area contributed by atoms with Crippen molar-refractivity contribution in [2.45, 2.75) is 90.5 Å². The van der Waals surface area contributed by atoms with E-state index in [1.807, 2.05) is 44.2 Å². The van der Waals surface area contributed by atoms with Crippen LogP contribution in [0.3, 0.4) is 0 Å². The predicted octanol–water partition coefficient (Wildman–Crippen LogP) is 2.29. The first kappa shape index (κ1) is 27.3. The number of aliphatic hydroxyl groups is 5. The second-order valence-electron chi connectivity index (χ2n) is 8.44. The molecule has 1 heterocycles. The molecule has 0 saturated carbocycles. The first-order valence-electron chi connectivity index (χ1n) is 10.8. The van der Waals surface area contributed by atoms with E-state index >= 15 is 0 Å². The molecule has 7 heteroatoms. The highest BCUT2D eigenvalue weighted by molar-refractivity contribution is 6.03. The standard InChI is InChI=1S/C24H38O7/c1-15(22(28)16(2)12-13-17(3)25)10-8-6-7-9-11-20(27)14-21-18(4)23(29)24(30,31-21)19(5)26/h6-8,10,12,15,17,19-20,22,25-28,30H,9,11,13-14H2,1-5H3. The molecule has 0 aromatic rings. The quantitative estimate of drug-likeness (QED) is 0.234. The maximum absolute atomic E-state index is 12.1. The predicted molar refractivity (Wildman–Crippen MR) is 119 cm³/mol. The minimum atomic E-state index is -2.27. The van der Waals surface area contributed by atoms with Crippen molar-refractivity contribution in [1.82, 2.24) is 0 Å². The van der Waals surface area contributed by atoms with Crippen LogP contribution in [0, 0.1) is 5.92 Å². The Morgan fingerprint density at radius 1 is 1.13 bits per heavy atom. The van der Waals surface area contributed by atoms with E-state index < -0.39 is 36.0 Å². The van der Waals surface area contributed by atoms with E-state index in [1.165, 1.54) is 13.8 Å². The molecule has 0 fully saturated rings. The summed E-state index contributed by atoms with van der Waals surface area (Å²) in [7, 11) is 0. The topological polar surface area (TPSA) is 127 Å². The summed E-state index contributed by atoms with van der Waals surface area (Å²) in [5.41, 5.74) is 1.04. The number of rotatable bonds is 12. The molecule has 0 aliphatic carbocycles. The lowest BCUT2D eigenvalue weighted by Gasteiger charge is -2.25. The van der Waals surface area contributed by atoms with Gasteiger partial charge in [-0.15, -0.1) is 0 Å². The van der Waals surface area contributed by atoms with Gasteiger partial charge in [-0.25, -0.2) is 0 Å². The highest BCUT2D eigenvalue weighted by Gasteiger charge is 2.50. The van der Waals surface area contributed by atoms with Crippen molar-refractivity contribution in [3.8, 4) is 0 Å². The number of Topliss-reactive ketones (excluding diaryl/α,β-unsaturated/α-hetero) is 1. The second kappa shape index (κ2) is 12.3. The number of ketones is 1. The SMILES string of the molecule is CC(=CCC(C)O)C(O)C(C)C=CC=CCCC(O)CC1=C(C)C(=O)C(O)(C(C)O)O1. The fourth-order valence-corrected chi connectivity index (χ4v) is 3.19.